The first-order chi connectivity index (χ1) is 14.9. The number of nitrogens with one attached hydrogen (secondary N) is 1. The first-order valence-corrected chi connectivity index (χ1v) is 10.9. The van der Waals surface area contributed by atoms with Crippen LogP contribution in [0.15, 0.2) is 75.2 Å². The number of ether oxygens (including phenoxy) is 1. The molecule has 0 bridgehead atoms. The smallest absolute Gasteiger partial charge is 0.266 e. The van der Waals surface area contributed by atoms with Crippen LogP contribution in [0.25, 0.3) is 6.08 Å². The van der Waals surface area contributed by atoms with Gasteiger partial charge in [0.15, 0.2) is 0 Å². The molecule has 156 valence electrons. The summed E-state index contributed by atoms with van der Waals surface area (Å²) in [6.07, 6.45) is 1.46. The van der Waals surface area contributed by atoms with Crippen molar-refractivity contribution >= 4 is 61.1 Å². The predicted octanol–water partition coefficient (Wildman–Crippen LogP) is 7.13. The number of nitriles is 1. The Bertz CT molecular complexity index is 1190. The quantitative estimate of drug-likeness (QED) is 0.256. The van der Waals surface area contributed by atoms with E-state index in [1.807, 2.05) is 6.07 Å². The zero-order valence-electron chi connectivity index (χ0n) is 15.8. The van der Waals surface area contributed by atoms with Gasteiger partial charge < -0.3 is 10.1 Å². The van der Waals surface area contributed by atoms with Crippen LogP contribution in [0.4, 0.5) is 10.1 Å². The third-order valence-electron chi connectivity index (χ3n) is 4.05. The molecule has 0 aliphatic rings. The van der Waals surface area contributed by atoms with Gasteiger partial charge in [0.25, 0.3) is 5.91 Å². The Labute approximate surface area is 200 Å². The van der Waals surface area contributed by atoms with E-state index in [-0.39, 0.29) is 18.0 Å². The Morgan fingerprint density at radius 2 is 1.84 bits per heavy atom. The minimum atomic E-state index is -0.552. The van der Waals surface area contributed by atoms with Gasteiger partial charge in [-0.2, -0.15) is 5.26 Å². The molecule has 31 heavy (non-hydrogen) atoms. The van der Waals surface area contributed by atoms with Crippen molar-refractivity contribution in [3.05, 3.63) is 97.1 Å². The standard InChI is InChI=1S/C23H14Br2ClFN2O2/c24-20-9-15(7-16(12-28)23(30)29-19-6-2-4-17(26)11-19)10-21(25)22(20)31-13-14-3-1-5-18(27)8-14/h1-11H,13H2,(H,29,30)/b16-7+. The molecule has 3 rings (SSSR count). The fraction of sp³-hybridized carbons (Fsp3) is 0.0435. The maximum Gasteiger partial charge on any atom is 0.266 e. The van der Waals surface area contributed by atoms with Gasteiger partial charge in [0.2, 0.25) is 0 Å². The Kier molecular flexibility index (Phi) is 7.85. The predicted molar refractivity (Wildman–Crippen MR) is 126 cm³/mol. The molecule has 0 spiro atoms. The highest BCUT2D eigenvalue weighted by molar-refractivity contribution is 9.11. The molecule has 0 saturated heterocycles. The van der Waals surface area contributed by atoms with E-state index in [9.17, 15) is 14.4 Å². The third kappa shape index (κ3) is 6.41. The fourth-order valence-corrected chi connectivity index (χ4v) is 4.30. The molecule has 0 atom stereocenters. The largest absolute Gasteiger partial charge is 0.487 e. The number of carbonyl (C=O) groups excluding carboxylic acids is 1. The molecule has 1 amide bonds. The van der Waals surface area contributed by atoms with E-state index in [0.717, 1.165) is 0 Å². The number of benzene rings is 3. The first kappa shape index (κ1) is 23.0. The number of carbonyl (C=O) groups is 1. The van der Waals surface area contributed by atoms with Crippen LogP contribution in [0.1, 0.15) is 11.1 Å². The maximum absolute atomic E-state index is 13.3. The monoisotopic (exact) mass is 562 g/mol. The van der Waals surface area contributed by atoms with Gasteiger partial charge >= 0.3 is 0 Å². The highest BCUT2D eigenvalue weighted by atomic mass is 79.9. The van der Waals surface area contributed by atoms with Gasteiger partial charge in [-0.3, -0.25) is 4.79 Å². The first-order valence-electron chi connectivity index (χ1n) is 8.90. The van der Waals surface area contributed by atoms with Crippen LogP contribution in [0, 0.1) is 17.1 Å². The summed E-state index contributed by atoms with van der Waals surface area (Å²) < 4.78 is 20.3. The molecule has 3 aromatic carbocycles. The van der Waals surface area contributed by atoms with Crippen molar-refractivity contribution in [3.63, 3.8) is 0 Å². The summed E-state index contributed by atoms with van der Waals surface area (Å²) in [4.78, 5) is 12.5. The highest BCUT2D eigenvalue weighted by Gasteiger charge is 2.13. The summed E-state index contributed by atoms with van der Waals surface area (Å²) in [7, 11) is 0. The lowest BCUT2D eigenvalue weighted by molar-refractivity contribution is -0.112. The molecule has 0 aromatic heterocycles. The molecular formula is C23H14Br2ClFN2O2. The van der Waals surface area contributed by atoms with Gasteiger partial charge in [-0.05, 0) is 91.5 Å². The topological polar surface area (TPSA) is 62.1 Å². The average Bonchev–Trinajstić information content (AvgIpc) is 2.71. The highest BCUT2D eigenvalue weighted by Crippen LogP contribution is 2.36. The second-order valence-electron chi connectivity index (χ2n) is 6.37. The van der Waals surface area contributed by atoms with Crippen LogP contribution in [0.3, 0.4) is 0 Å². The van der Waals surface area contributed by atoms with Gasteiger partial charge in [0.05, 0.1) is 8.95 Å². The molecule has 0 aliphatic heterocycles. The second-order valence-corrected chi connectivity index (χ2v) is 8.51. The van der Waals surface area contributed by atoms with Gasteiger partial charge in [0, 0.05) is 10.7 Å². The van der Waals surface area contributed by atoms with Crippen LogP contribution in [-0.2, 0) is 11.4 Å². The summed E-state index contributed by atoms with van der Waals surface area (Å²) in [6, 6.07) is 18.1. The van der Waals surface area contributed by atoms with E-state index in [1.54, 1.807) is 48.5 Å². The number of halogens is 4. The van der Waals surface area contributed by atoms with E-state index in [4.69, 9.17) is 16.3 Å². The lowest BCUT2D eigenvalue weighted by Crippen LogP contribution is -2.13. The number of rotatable bonds is 6. The number of nitrogens with zero attached hydrogens (tertiary/aromatic N) is 1. The zero-order chi connectivity index (χ0) is 22.4. The normalized spacial score (nSPS) is 11.0. The number of amides is 1. The van der Waals surface area contributed by atoms with E-state index in [1.165, 1.54) is 18.2 Å². The summed E-state index contributed by atoms with van der Waals surface area (Å²) in [5.74, 6) is -0.369. The Morgan fingerprint density at radius 1 is 1.13 bits per heavy atom. The summed E-state index contributed by atoms with van der Waals surface area (Å²) in [5, 5.41) is 12.6. The Morgan fingerprint density at radius 3 is 2.48 bits per heavy atom. The van der Waals surface area contributed by atoms with E-state index >= 15 is 0 Å². The lowest BCUT2D eigenvalue weighted by atomic mass is 10.1. The molecular weight excluding hydrogens is 551 g/mol. The minimum Gasteiger partial charge on any atom is -0.487 e. The van der Waals surface area contributed by atoms with Gasteiger partial charge in [-0.1, -0.05) is 29.8 Å². The Hall–Kier alpha value is -2.66. The van der Waals surface area contributed by atoms with Crippen LogP contribution in [0.5, 0.6) is 5.75 Å². The number of hydrogen-bond acceptors (Lipinski definition) is 3. The number of anilines is 1. The summed E-state index contributed by atoms with van der Waals surface area (Å²) >= 11 is 12.8. The summed E-state index contributed by atoms with van der Waals surface area (Å²) in [5.41, 5.74) is 1.70. The lowest BCUT2D eigenvalue weighted by Gasteiger charge is -2.12. The molecule has 0 radical (unpaired) electrons. The van der Waals surface area contributed by atoms with Crippen molar-refractivity contribution in [3.8, 4) is 11.8 Å². The number of hydrogen-bond donors (Lipinski definition) is 1. The van der Waals surface area contributed by atoms with Crippen molar-refractivity contribution in [1.29, 1.82) is 5.26 Å². The Balaban J connectivity index is 1.77. The van der Waals surface area contributed by atoms with E-state index in [0.29, 0.717) is 36.5 Å². The van der Waals surface area contributed by atoms with Crippen LogP contribution < -0.4 is 10.1 Å². The van der Waals surface area contributed by atoms with E-state index in [2.05, 4.69) is 37.2 Å². The molecule has 0 unspecified atom stereocenters. The van der Waals surface area contributed by atoms with Gasteiger partial charge in [0.1, 0.15) is 29.8 Å². The molecule has 4 nitrogen and oxygen atoms in total. The minimum absolute atomic E-state index is 0.0767. The fourth-order valence-electron chi connectivity index (χ4n) is 2.66. The van der Waals surface area contributed by atoms with Crippen molar-refractivity contribution in [1.82, 2.24) is 0 Å². The molecule has 0 saturated carbocycles. The van der Waals surface area contributed by atoms with Crippen LogP contribution >= 0.6 is 43.5 Å². The second kappa shape index (κ2) is 10.6. The SMILES string of the molecule is N#C/C(=C\c1cc(Br)c(OCc2cccc(F)c2)c(Br)c1)C(=O)Nc1cccc(Cl)c1. The molecule has 8 heteroatoms. The van der Waals surface area contributed by atoms with Crippen LogP contribution in [0.2, 0.25) is 5.02 Å². The molecule has 1 N–H and O–H groups in total. The molecule has 3 aromatic rings. The zero-order valence-corrected chi connectivity index (χ0v) is 19.8. The van der Waals surface area contributed by atoms with Crippen molar-refractivity contribution in [2.45, 2.75) is 6.61 Å². The van der Waals surface area contributed by atoms with Gasteiger partial charge in [-0.15, -0.1) is 0 Å². The average molecular weight is 565 g/mol. The maximum atomic E-state index is 13.3. The molecule has 0 aliphatic carbocycles. The van der Waals surface area contributed by atoms with Crippen molar-refractivity contribution in [2.75, 3.05) is 5.32 Å². The third-order valence-corrected chi connectivity index (χ3v) is 5.46. The van der Waals surface area contributed by atoms with Crippen molar-refractivity contribution < 1.29 is 13.9 Å². The van der Waals surface area contributed by atoms with Crippen molar-refractivity contribution in [2.24, 2.45) is 0 Å². The molecule has 0 heterocycles. The van der Waals surface area contributed by atoms with Gasteiger partial charge in [-0.25, -0.2) is 4.39 Å². The van der Waals surface area contributed by atoms with E-state index < -0.39 is 5.91 Å². The summed E-state index contributed by atoms with van der Waals surface area (Å²) in [6.45, 7) is 0.176. The molecule has 0 fully saturated rings. The van der Waals surface area contributed by atoms with Crippen LogP contribution in [-0.4, -0.2) is 5.91 Å².